The molecule has 0 radical (unpaired) electrons. The number of carbonyl (C=O) groups is 4. The molecular formula is C22H19ClN2O7S. The summed E-state index contributed by atoms with van der Waals surface area (Å²) >= 11 is 6.76. The number of hydrogen-bond acceptors (Lipinski definition) is 8. The van der Waals surface area contributed by atoms with Crippen molar-refractivity contribution in [2.24, 2.45) is 0 Å². The molecule has 33 heavy (non-hydrogen) atoms. The van der Waals surface area contributed by atoms with E-state index in [-0.39, 0.29) is 16.4 Å². The van der Waals surface area contributed by atoms with Crippen LogP contribution >= 0.6 is 23.4 Å². The fraction of sp³-hybridized carbons (Fsp3) is 0.182. The van der Waals surface area contributed by atoms with Crippen molar-refractivity contribution in [3.05, 3.63) is 51.9 Å². The first-order valence-electron chi connectivity index (χ1n) is 9.47. The molecule has 172 valence electrons. The van der Waals surface area contributed by atoms with Gasteiger partial charge in [-0.15, -0.1) is 0 Å². The zero-order valence-electron chi connectivity index (χ0n) is 17.8. The van der Waals surface area contributed by atoms with E-state index in [2.05, 4.69) is 5.32 Å². The first kappa shape index (κ1) is 24.1. The fourth-order valence-corrected chi connectivity index (χ4v) is 3.99. The average Bonchev–Trinajstić information content (AvgIpc) is 3.01. The molecule has 1 N–H and O–H groups in total. The number of hydrogen-bond donors (Lipinski definition) is 1. The van der Waals surface area contributed by atoms with Gasteiger partial charge in [0.2, 0.25) is 5.91 Å². The summed E-state index contributed by atoms with van der Waals surface area (Å²) in [5, 5.41) is 2.33. The van der Waals surface area contributed by atoms with Crippen LogP contribution in [0.3, 0.4) is 0 Å². The normalized spacial score (nSPS) is 14.4. The number of rotatable bonds is 7. The molecule has 9 nitrogen and oxygen atoms in total. The minimum Gasteiger partial charge on any atom is -0.495 e. The quantitative estimate of drug-likeness (QED) is 0.352. The van der Waals surface area contributed by atoms with Gasteiger partial charge in [0.25, 0.3) is 11.1 Å². The lowest BCUT2D eigenvalue weighted by Gasteiger charge is -2.13. The van der Waals surface area contributed by atoms with Crippen molar-refractivity contribution in [2.45, 2.75) is 6.92 Å². The molecule has 1 fully saturated rings. The van der Waals surface area contributed by atoms with Gasteiger partial charge >= 0.3 is 5.97 Å². The molecule has 0 aromatic heterocycles. The number of methoxy groups -OCH3 is 2. The molecular weight excluding hydrogens is 472 g/mol. The third-order valence-electron chi connectivity index (χ3n) is 4.35. The zero-order valence-corrected chi connectivity index (χ0v) is 19.4. The number of benzene rings is 2. The van der Waals surface area contributed by atoms with Gasteiger partial charge < -0.3 is 19.5 Å². The third-order valence-corrected chi connectivity index (χ3v) is 5.55. The largest absolute Gasteiger partial charge is 0.495 e. The van der Waals surface area contributed by atoms with E-state index >= 15 is 0 Å². The van der Waals surface area contributed by atoms with E-state index < -0.39 is 29.6 Å². The number of thioether (sulfide) groups is 1. The molecule has 1 aliphatic rings. The van der Waals surface area contributed by atoms with Crippen LogP contribution in [0, 0.1) is 0 Å². The van der Waals surface area contributed by atoms with Crippen molar-refractivity contribution >= 4 is 58.1 Å². The van der Waals surface area contributed by atoms with Crippen LogP contribution in [0.15, 0.2) is 41.3 Å². The van der Waals surface area contributed by atoms with Gasteiger partial charge in [-0.3, -0.25) is 24.1 Å². The summed E-state index contributed by atoms with van der Waals surface area (Å²) < 4.78 is 15.3. The summed E-state index contributed by atoms with van der Waals surface area (Å²) in [6.45, 7) is 0.809. The molecule has 11 heteroatoms. The Morgan fingerprint density at radius 2 is 1.76 bits per heavy atom. The van der Waals surface area contributed by atoms with Crippen LogP contribution in [0.4, 0.5) is 10.5 Å². The lowest BCUT2D eigenvalue weighted by molar-refractivity contribution is -0.132. The van der Waals surface area contributed by atoms with Crippen molar-refractivity contribution < 1.29 is 33.4 Å². The summed E-state index contributed by atoms with van der Waals surface area (Å²) in [5.74, 6) is -0.704. The van der Waals surface area contributed by atoms with Crippen LogP contribution in [0.2, 0.25) is 5.02 Å². The van der Waals surface area contributed by atoms with Crippen LogP contribution in [0.5, 0.6) is 17.2 Å². The standard InChI is InChI=1S/C22H19ClN2O7S/c1-12(26)32-17-6-4-13(8-18(17)31-3)9-19-21(28)25(22(29)33-19)11-20(27)24-14-5-7-16(30-2)15(23)10-14/h4-10H,11H2,1-3H3,(H,24,27)/b19-9-. The monoisotopic (exact) mass is 490 g/mol. The highest BCUT2D eigenvalue weighted by molar-refractivity contribution is 8.18. The van der Waals surface area contributed by atoms with Gasteiger partial charge in [-0.2, -0.15) is 0 Å². The second-order valence-corrected chi connectivity index (χ2v) is 8.07. The van der Waals surface area contributed by atoms with Gasteiger partial charge in [0, 0.05) is 12.6 Å². The highest BCUT2D eigenvalue weighted by Crippen LogP contribution is 2.34. The van der Waals surface area contributed by atoms with Crippen molar-refractivity contribution in [2.75, 3.05) is 26.1 Å². The minimum absolute atomic E-state index is 0.141. The second-order valence-electron chi connectivity index (χ2n) is 6.67. The van der Waals surface area contributed by atoms with Crippen LogP contribution in [-0.4, -0.2) is 48.7 Å². The molecule has 0 saturated carbocycles. The molecule has 3 rings (SSSR count). The van der Waals surface area contributed by atoms with Crippen LogP contribution in [-0.2, 0) is 14.4 Å². The van der Waals surface area contributed by atoms with E-state index in [1.807, 2.05) is 0 Å². The average molecular weight is 491 g/mol. The summed E-state index contributed by atoms with van der Waals surface area (Å²) in [6.07, 6.45) is 1.49. The molecule has 1 saturated heterocycles. The van der Waals surface area contributed by atoms with E-state index in [1.54, 1.807) is 24.3 Å². The van der Waals surface area contributed by atoms with Gasteiger partial charge in [0.05, 0.1) is 24.1 Å². The molecule has 2 aromatic rings. The van der Waals surface area contributed by atoms with Crippen molar-refractivity contribution in [1.29, 1.82) is 0 Å². The van der Waals surface area contributed by atoms with E-state index in [1.165, 1.54) is 39.4 Å². The number of carbonyl (C=O) groups excluding carboxylic acids is 4. The summed E-state index contributed by atoms with van der Waals surface area (Å²) in [7, 11) is 2.88. The Labute approximate surface area is 198 Å². The lowest BCUT2D eigenvalue weighted by atomic mass is 10.2. The SMILES string of the molecule is COc1ccc(NC(=O)CN2C(=O)S/C(=C\c3ccc(OC(C)=O)c(OC)c3)C2=O)cc1Cl. The van der Waals surface area contributed by atoms with Gasteiger partial charge in [0.1, 0.15) is 12.3 Å². The maximum Gasteiger partial charge on any atom is 0.308 e. The summed E-state index contributed by atoms with van der Waals surface area (Å²) in [5.41, 5.74) is 0.943. The molecule has 3 amide bonds. The van der Waals surface area contributed by atoms with E-state index in [9.17, 15) is 19.2 Å². The Kier molecular flexibility index (Phi) is 7.62. The first-order valence-corrected chi connectivity index (χ1v) is 10.7. The number of ether oxygens (including phenoxy) is 3. The fourth-order valence-electron chi connectivity index (χ4n) is 2.89. The van der Waals surface area contributed by atoms with Gasteiger partial charge in [-0.1, -0.05) is 17.7 Å². The van der Waals surface area contributed by atoms with E-state index in [0.717, 1.165) is 4.90 Å². The topological polar surface area (TPSA) is 111 Å². The maximum absolute atomic E-state index is 12.7. The van der Waals surface area contributed by atoms with Gasteiger partial charge in [0.15, 0.2) is 11.5 Å². The van der Waals surface area contributed by atoms with E-state index in [4.69, 9.17) is 25.8 Å². The Morgan fingerprint density at radius 3 is 2.39 bits per heavy atom. The molecule has 1 aliphatic heterocycles. The first-order chi connectivity index (χ1) is 15.7. The number of halogens is 1. The number of nitrogens with one attached hydrogen (secondary N) is 1. The summed E-state index contributed by atoms with van der Waals surface area (Å²) in [6, 6.07) is 9.36. The maximum atomic E-state index is 12.7. The van der Waals surface area contributed by atoms with Crippen LogP contribution in [0.25, 0.3) is 6.08 Å². The highest BCUT2D eigenvalue weighted by Gasteiger charge is 2.36. The number of esters is 1. The van der Waals surface area contributed by atoms with Gasteiger partial charge in [-0.25, -0.2) is 0 Å². The van der Waals surface area contributed by atoms with E-state index in [0.29, 0.717) is 33.8 Å². The second kappa shape index (κ2) is 10.4. The third kappa shape index (κ3) is 5.85. The van der Waals surface area contributed by atoms with Crippen LogP contribution in [0.1, 0.15) is 12.5 Å². The molecule has 0 bridgehead atoms. The molecule has 0 unspecified atom stereocenters. The molecule has 0 atom stereocenters. The highest BCUT2D eigenvalue weighted by atomic mass is 35.5. The van der Waals surface area contributed by atoms with Gasteiger partial charge in [-0.05, 0) is 53.7 Å². The van der Waals surface area contributed by atoms with Crippen molar-refractivity contribution in [3.63, 3.8) is 0 Å². The lowest BCUT2D eigenvalue weighted by Crippen LogP contribution is -2.36. The Bertz CT molecular complexity index is 1170. The molecule has 2 aromatic carbocycles. The van der Waals surface area contributed by atoms with Crippen molar-refractivity contribution in [3.8, 4) is 17.2 Å². The zero-order chi connectivity index (χ0) is 24.1. The number of amides is 3. The number of nitrogens with zero attached hydrogens (tertiary/aromatic N) is 1. The number of anilines is 1. The smallest absolute Gasteiger partial charge is 0.308 e. The minimum atomic E-state index is -0.601. The Morgan fingerprint density at radius 1 is 1.06 bits per heavy atom. The molecule has 0 aliphatic carbocycles. The molecule has 1 heterocycles. The summed E-state index contributed by atoms with van der Waals surface area (Å²) in [4.78, 5) is 49.6. The number of imide groups is 1. The Hall–Kier alpha value is -3.50. The van der Waals surface area contributed by atoms with Crippen LogP contribution < -0.4 is 19.5 Å². The predicted octanol–water partition coefficient (Wildman–Crippen LogP) is 3.96. The Balaban J connectivity index is 1.71. The molecule has 0 spiro atoms. The van der Waals surface area contributed by atoms with Crippen molar-refractivity contribution in [1.82, 2.24) is 4.90 Å². The predicted molar refractivity (Wildman–Crippen MR) is 124 cm³/mol.